The second-order valence-corrected chi connectivity index (χ2v) is 3.71. The fourth-order valence-corrected chi connectivity index (χ4v) is 1.14. The topological polar surface area (TPSA) is 77.2 Å². The number of nitrogens with two attached hydrogens (primary N) is 1. The number of carbonyl (C=O) groups excluding carboxylic acids is 1. The van der Waals surface area contributed by atoms with E-state index in [1.807, 2.05) is 6.92 Å². The van der Waals surface area contributed by atoms with Crippen LogP contribution in [0.5, 0.6) is 0 Å². The van der Waals surface area contributed by atoms with Crippen LogP contribution in [-0.2, 0) is 9.53 Å². The maximum Gasteiger partial charge on any atom is 0.256 e. The lowest BCUT2D eigenvalue weighted by atomic mass is 10.0. The van der Waals surface area contributed by atoms with Gasteiger partial charge in [0.1, 0.15) is 11.4 Å². The van der Waals surface area contributed by atoms with E-state index in [0.29, 0.717) is 17.9 Å². The van der Waals surface area contributed by atoms with Crippen molar-refractivity contribution >= 4 is 17.4 Å². The van der Waals surface area contributed by atoms with Gasteiger partial charge in [0.15, 0.2) is 0 Å². The lowest BCUT2D eigenvalue weighted by Crippen LogP contribution is -2.41. The minimum Gasteiger partial charge on any atom is -0.384 e. The molecule has 5 heteroatoms. The number of rotatable bonds is 4. The van der Waals surface area contributed by atoms with Gasteiger partial charge in [-0.1, -0.05) is 6.92 Å². The van der Waals surface area contributed by atoms with Crippen LogP contribution in [0.25, 0.3) is 0 Å². The molecule has 88 valence electrons. The summed E-state index contributed by atoms with van der Waals surface area (Å²) >= 11 is 0. The Balaban J connectivity index is 2.74. The molecule has 5 nitrogen and oxygen atoms in total. The van der Waals surface area contributed by atoms with Crippen LogP contribution in [-0.4, -0.2) is 23.6 Å². The summed E-state index contributed by atoms with van der Waals surface area (Å²) in [7, 11) is 1.52. The van der Waals surface area contributed by atoms with Crippen LogP contribution >= 0.6 is 0 Å². The summed E-state index contributed by atoms with van der Waals surface area (Å²) in [6, 6.07) is 3.33. The molecule has 1 amide bonds. The van der Waals surface area contributed by atoms with E-state index in [9.17, 15) is 4.79 Å². The molecule has 0 aliphatic heterocycles. The van der Waals surface area contributed by atoms with Gasteiger partial charge in [-0.15, -0.1) is 0 Å². The monoisotopic (exact) mass is 223 g/mol. The van der Waals surface area contributed by atoms with Crippen molar-refractivity contribution in [3.05, 3.63) is 18.3 Å². The summed E-state index contributed by atoms with van der Waals surface area (Å²) in [5.74, 6) is 0.229. The average molecular weight is 223 g/mol. The minimum atomic E-state index is -0.818. The van der Waals surface area contributed by atoms with Gasteiger partial charge in [-0.05, 0) is 25.5 Å². The van der Waals surface area contributed by atoms with E-state index in [1.54, 1.807) is 19.1 Å². The Labute approximate surface area is 95.0 Å². The van der Waals surface area contributed by atoms with E-state index in [2.05, 4.69) is 10.3 Å². The van der Waals surface area contributed by atoms with Crippen molar-refractivity contribution in [1.82, 2.24) is 4.98 Å². The van der Waals surface area contributed by atoms with Crippen LogP contribution in [0, 0.1) is 0 Å². The first-order valence-electron chi connectivity index (χ1n) is 5.10. The Bertz CT molecular complexity index is 358. The summed E-state index contributed by atoms with van der Waals surface area (Å²) in [5, 5.41) is 2.73. The van der Waals surface area contributed by atoms with E-state index >= 15 is 0 Å². The third-order valence-corrected chi connectivity index (χ3v) is 2.65. The van der Waals surface area contributed by atoms with Gasteiger partial charge in [-0.2, -0.15) is 0 Å². The van der Waals surface area contributed by atoms with Crippen LogP contribution in [0.15, 0.2) is 18.3 Å². The molecule has 0 aliphatic carbocycles. The number of carbonyl (C=O) groups is 1. The largest absolute Gasteiger partial charge is 0.384 e. The zero-order valence-corrected chi connectivity index (χ0v) is 9.78. The van der Waals surface area contributed by atoms with Crippen LogP contribution in [0.4, 0.5) is 11.5 Å². The van der Waals surface area contributed by atoms with E-state index in [1.165, 1.54) is 13.3 Å². The number of methoxy groups -OCH3 is 1. The zero-order valence-electron chi connectivity index (χ0n) is 9.78. The molecule has 0 radical (unpaired) electrons. The highest BCUT2D eigenvalue weighted by Crippen LogP contribution is 2.17. The first-order valence-corrected chi connectivity index (χ1v) is 5.10. The Morgan fingerprint density at radius 3 is 2.75 bits per heavy atom. The first kappa shape index (κ1) is 12.4. The summed E-state index contributed by atoms with van der Waals surface area (Å²) in [5.41, 5.74) is 5.24. The van der Waals surface area contributed by atoms with E-state index < -0.39 is 5.60 Å². The molecular weight excluding hydrogens is 206 g/mol. The normalized spacial score (nSPS) is 14.2. The number of nitrogens with zero attached hydrogens (tertiary/aromatic N) is 1. The zero-order chi connectivity index (χ0) is 12.2. The summed E-state index contributed by atoms with van der Waals surface area (Å²) in [6.07, 6.45) is 2.11. The molecule has 1 aromatic heterocycles. The number of aromatic nitrogens is 1. The standard InChI is InChI=1S/C11H17N3O2/c1-4-11(2,16-3)10(15)14-8-5-6-9(12)13-7-8/h5-7H,4H2,1-3H3,(H2,12,13)(H,14,15). The number of amides is 1. The fraction of sp³-hybridized carbons (Fsp3) is 0.455. The number of nitrogens with one attached hydrogen (secondary N) is 1. The molecule has 3 N–H and O–H groups in total. The lowest BCUT2D eigenvalue weighted by Gasteiger charge is -2.25. The number of nitrogen functional groups attached to an aromatic ring is 1. The molecule has 0 fully saturated rings. The van der Waals surface area contributed by atoms with Crippen molar-refractivity contribution in [3.63, 3.8) is 0 Å². The van der Waals surface area contributed by atoms with Gasteiger partial charge in [-0.3, -0.25) is 4.79 Å². The van der Waals surface area contributed by atoms with Gasteiger partial charge in [0, 0.05) is 7.11 Å². The maximum absolute atomic E-state index is 11.9. The molecule has 0 saturated heterocycles. The number of hydrogen-bond acceptors (Lipinski definition) is 4. The van der Waals surface area contributed by atoms with Gasteiger partial charge in [0.05, 0.1) is 11.9 Å². The Morgan fingerprint density at radius 2 is 2.31 bits per heavy atom. The molecule has 0 bridgehead atoms. The lowest BCUT2D eigenvalue weighted by molar-refractivity contribution is -0.136. The number of pyridine rings is 1. The van der Waals surface area contributed by atoms with Gasteiger partial charge >= 0.3 is 0 Å². The second-order valence-electron chi connectivity index (χ2n) is 3.71. The Morgan fingerprint density at radius 1 is 1.62 bits per heavy atom. The summed E-state index contributed by atoms with van der Waals surface area (Å²) in [4.78, 5) is 15.8. The quantitative estimate of drug-likeness (QED) is 0.809. The van der Waals surface area contributed by atoms with Crippen LogP contribution in [0.2, 0.25) is 0 Å². The predicted molar refractivity (Wildman–Crippen MR) is 63.0 cm³/mol. The molecule has 1 aromatic rings. The predicted octanol–water partition coefficient (Wildman–Crippen LogP) is 1.42. The highest BCUT2D eigenvalue weighted by atomic mass is 16.5. The third kappa shape index (κ3) is 2.70. The molecule has 1 atom stereocenters. The average Bonchev–Trinajstić information content (AvgIpc) is 2.31. The van der Waals surface area contributed by atoms with Crippen LogP contribution in [0.3, 0.4) is 0 Å². The minimum absolute atomic E-state index is 0.191. The van der Waals surface area contributed by atoms with Crippen molar-refractivity contribution in [2.75, 3.05) is 18.2 Å². The van der Waals surface area contributed by atoms with E-state index in [-0.39, 0.29) is 5.91 Å². The molecule has 1 unspecified atom stereocenters. The van der Waals surface area contributed by atoms with Gasteiger partial charge in [0.25, 0.3) is 5.91 Å². The smallest absolute Gasteiger partial charge is 0.256 e. The SMILES string of the molecule is CCC(C)(OC)C(=O)Nc1ccc(N)nc1. The third-order valence-electron chi connectivity index (χ3n) is 2.65. The van der Waals surface area contributed by atoms with Crippen molar-refractivity contribution in [3.8, 4) is 0 Å². The molecule has 0 saturated carbocycles. The number of ether oxygens (including phenoxy) is 1. The molecule has 1 rings (SSSR count). The second kappa shape index (κ2) is 4.94. The number of hydrogen-bond donors (Lipinski definition) is 2. The van der Waals surface area contributed by atoms with Gasteiger partial charge in [-0.25, -0.2) is 4.98 Å². The molecule has 16 heavy (non-hydrogen) atoms. The summed E-state index contributed by atoms with van der Waals surface area (Å²) < 4.78 is 5.19. The Hall–Kier alpha value is -1.62. The van der Waals surface area contributed by atoms with Gasteiger partial charge in [0.2, 0.25) is 0 Å². The highest BCUT2D eigenvalue weighted by Gasteiger charge is 2.30. The maximum atomic E-state index is 11.9. The van der Waals surface area contributed by atoms with E-state index in [4.69, 9.17) is 10.5 Å². The molecular formula is C11H17N3O2. The van der Waals surface area contributed by atoms with Crippen molar-refractivity contribution in [2.24, 2.45) is 0 Å². The molecule has 0 aliphatic rings. The Kier molecular flexibility index (Phi) is 3.84. The highest BCUT2D eigenvalue weighted by molar-refractivity contribution is 5.96. The van der Waals surface area contributed by atoms with Gasteiger partial charge < -0.3 is 15.8 Å². The number of anilines is 2. The molecule has 0 aromatic carbocycles. The first-order chi connectivity index (χ1) is 7.51. The van der Waals surface area contributed by atoms with Crippen molar-refractivity contribution in [2.45, 2.75) is 25.9 Å². The fourth-order valence-electron chi connectivity index (χ4n) is 1.14. The van der Waals surface area contributed by atoms with Crippen molar-refractivity contribution < 1.29 is 9.53 Å². The van der Waals surface area contributed by atoms with Crippen molar-refractivity contribution in [1.29, 1.82) is 0 Å². The van der Waals surface area contributed by atoms with Crippen LogP contribution < -0.4 is 11.1 Å². The van der Waals surface area contributed by atoms with E-state index in [0.717, 1.165) is 0 Å². The summed E-state index contributed by atoms with van der Waals surface area (Å²) in [6.45, 7) is 3.64. The van der Waals surface area contributed by atoms with Crippen LogP contribution in [0.1, 0.15) is 20.3 Å². The molecule has 1 heterocycles. The molecule has 0 spiro atoms.